The highest BCUT2D eigenvalue weighted by atomic mass is 35.5. The topological polar surface area (TPSA) is 55.6 Å². The van der Waals surface area contributed by atoms with Gasteiger partial charge in [0, 0.05) is 10.7 Å². The number of β-lactam (4-membered cyclic amide) rings is 1. The molecule has 2 aromatic rings. The SMILES string of the molecule is COc1ccc(N2C(=O)[C@@H](N)[C@@H]2c2ccccc2Cl)cc1. The van der Waals surface area contributed by atoms with Crippen LogP contribution in [0.25, 0.3) is 0 Å². The molecule has 21 heavy (non-hydrogen) atoms. The summed E-state index contributed by atoms with van der Waals surface area (Å²) in [5.41, 5.74) is 7.62. The van der Waals surface area contributed by atoms with E-state index < -0.39 is 6.04 Å². The van der Waals surface area contributed by atoms with Crippen molar-refractivity contribution < 1.29 is 9.53 Å². The van der Waals surface area contributed by atoms with E-state index in [0.29, 0.717) is 5.02 Å². The van der Waals surface area contributed by atoms with Crippen LogP contribution in [-0.4, -0.2) is 19.1 Å². The normalized spacial score (nSPS) is 21.1. The van der Waals surface area contributed by atoms with Crippen molar-refractivity contribution in [3.8, 4) is 5.75 Å². The van der Waals surface area contributed by atoms with Gasteiger partial charge in [-0.2, -0.15) is 0 Å². The molecule has 2 aromatic carbocycles. The maximum absolute atomic E-state index is 12.1. The summed E-state index contributed by atoms with van der Waals surface area (Å²) in [6.45, 7) is 0. The highest BCUT2D eigenvalue weighted by Crippen LogP contribution is 2.40. The second kappa shape index (κ2) is 5.39. The van der Waals surface area contributed by atoms with E-state index in [9.17, 15) is 4.79 Å². The number of carbonyl (C=O) groups is 1. The Kier molecular flexibility index (Phi) is 3.57. The molecule has 4 nitrogen and oxygen atoms in total. The van der Waals surface area contributed by atoms with Crippen LogP contribution in [0.2, 0.25) is 5.02 Å². The number of hydrogen-bond acceptors (Lipinski definition) is 3. The van der Waals surface area contributed by atoms with Crippen LogP contribution in [0.1, 0.15) is 11.6 Å². The van der Waals surface area contributed by atoms with Gasteiger partial charge in [-0.3, -0.25) is 4.79 Å². The quantitative estimate of drug-likeness (QED) is 0.887. The van der Waals surface area contributed by atoms with Gasteiger partial charge >= 0.3 is 0 Å². The molecule has 1 fully saturated rings. The van der Waals surface area contributed by atoms with E-state index >= 15 is 0 Å². The zero-order valence-corrected chi connectivity index (χ0v) is 12.2. The molecule has 0 aliphatic carbocycles. The lowest BCUT2D eigenvalue weighted by Crippen LogP contribution is -2.63. The molecule has 108 valence electrons. The minimum absolute atomic E-state index is 0.106. The number of ether oxygens (including phenoxy) is 1. The Morgan fingerprint density at radius 2 is 1.81 bits per heavy atom. The minimum atomic E-state index is -0.563. The molecule has 1 amide bonds. The lowest BCUT2D eigenvalue weighted by molar-refractivity contribution is -0.126. The van der Waals surface area contributed by atoms with Crippen molar-refractivity contribution >= 4 is 23.2 Å². The summed E-state index contributed by atoms with van der Waals surface area (Å²) < 4.78 is 5.13. The van der Waals surface area contributed by atoms with Crippen molar-refractivity contribution in [3.05, 3.63) is 59.1 Å². The molecular weight excluding hydrogens is 288 g/mol. The first-order valence-corrected chi connectivity index (χ1v) is 6.98. The van der Waals surface area contributed by atoms with E-state index in [4.69, 9.17) is 22.1 Å². The molecule has 5 heteroatoms. The maximum atomic E-state index is 12.1. The van der Waals surface area contributed by atoms with Gasteiger partial charge < -0.3 is 15.4 Å². The van der Waals surface area contributed by atoms with Crippen LogP contribution >= 0.6 is 11.6 Å². The van der Waals surface area contributed by atoms with Crippen LogP contribution in [-0.2, 0) is 4.79 Å². The molecule has 1 heterocycles. The number of rotatable bonds is 3. The Bertz CT molecular complexity index is 672. The van der Waals surface area contributed by atoms with Crippen molar-refractivity contribution in [3.63, 3.8) is 0 Å². The molecule has 3 rings (SSSR count). The summed E-state index contributed by atoms with van der Waals surface area (Å²) in [5, 5.41) is 0.615. The first-order valence-electron chi connectivity index (χ1n) is 6.60. The van der Waals surface area contributed by atoms with Crippen LogP contribution in [0.3, 0.4) is 0 Å². The van der Waals surface area contributed by atoms with Crippen LogP contribution in [0.15, 0.2) is 48.5 Å². The van der Waals surface area contributed by atoms with Gasteiger partial charge in [0.1, 0.15) is 11.8 Å². The number of amides is 1. The summed E-state index contributed by atoms with van der Waals surface area (Å²) in [6, 6.07) is 14.0. The Balaban J connectivity index is 1.96. The number of halogens is 1. The Morgan fingerprint density at radius 3 is 2.43 bits per heavy atom. The fourth-order valence-corrected chi connectivity index (χ4v) is 2.84. The van der Waals surface area contributed by atoms with Crippen molar-refractivity contribution in [1.82, 2.24) is 0 Å². The molecule has 0 radical (unpaired) electrons. The second-order valence-corrected chi connectivity index (χ2v) is 5.31. The fourth-order valence-electron chi connectivity index (χ4n) is 2.59. The summed E-state index contributed by atoms with van der Waals surface area (Å²) >= 11 is 6.23. The zero-order valence-electron chi connectivity index (χ0n) is 11.5. The van der Waals surface area contributed by atoms with E-state index in [1.54, 1.807) is 18.1 Å². The summed E-state index contributed by atoms with van der Waals surface area (Å²) in [4.78, 5) is 13.8. The minimum Gasteiger partial charge on any atom is -0.497 e. The van der Waals surface area contributed by atoms with Gasteiger partial charge in [-0.25, -0.2) is 0 Å². The molecule has 1 saturated heterocycles. The first-order chi connectivity index (χ1) is 10.1. The van der Waals surface area contributed by atoms with Crippen molar-refractivity contribution in [2.45, 2.75) is 12.1 Å². The number of benzene rings is 2. The number of nitrogens with zero attached hydrogens (tertiary/aromatic N) is 1. The second-order valence-electron chi connectivity index (χ2n) is 4.90. The average Bonchev–Trinajstić information content (AvgIpc) is 2.53. The van der Waals surface area contributed by atoms with Gasteiger partial charge in [-0.15, -0.1) is 0 Å². The average molecular weight is 303 g/mol. The molecule has 0 saturated carbocycles. The van der Waals surface area contributed by atoms with Gasteiger partial charge in [-0.05, 0) is 35.9 Å². The van der Waals surface area contributed by atoms with E-state index in [-0.39, 0.29) is 11.9 Å². The highest BCUT2D eigenvalue weighted by molar-refractivity contribution is 6.31. The molecule has 2 N–H and O–H groups in total. The smallest absolute Gasteiger partial charge is 0.247 e. The first kappa shape index (κ1) is 13.9. The molecule has 0 spiro atoms. The van der Waals surface area contributed by atoms with Gasteiger partial charge in [-0.1, -0.05) is 29.8 Å². The summed E-state index contributed by atoms with van der Waals surface area (Å²) in [7, 11) is 1.60. The van der Waals surface area contributed by atoms with E-state index in [1.165, 1.54) is 0 Å². The van der Waals surface area contributed by atoms with E-state index in [1.807, 2.05) is 42.5 Å². The number of hydrogen-bond donors (Lipinski definition) is 1. The zero-order chi connectivity index (χ0) is 15.0. The fraction of sp³-hybridized carbons (Fsp3) is 0.188. The number of anilines is 1. The lowest BCUT2D eigenvalue weighted by Gasteiger charge is -2.45. The summed E-state index contributed by atoms with van der Waals surface area (Å²) in [5.74, 6) is 0.635. The predicted molar refractivity (Wildman–Crippen MR) is 82.6 cm³/mol. The highest BCUT2D eigenvalue weighted by Gasteiger charge is 2.47. The van der Waals surface area contributed by atoms with Crippen molar-refractivity contribution in [2.75, 3.05) is 12.0 Å². The van der Waals surface area contributed by atoms with E-state index in [0.717, 1.165) is 17.0 Å². The Labute approximate surface area is 128 Å². The largest absolute Gasteiger partial charge is 0.497 e. The third-order valence-corrected chi connectivity index (χ3v) is 4.06. The van der Waals surface area contributed by atoms with Gasteiger partial charge in [0.2, 0.25) is 5.91 Å². The monoisotopic (exact) mass is 302 g/mol. The molecule has 0 bridgehead atoms. The van der Waals surface area contributed by atoms with Crippen molar-refractivity contribution in [2.24, 2.45) is 5.73 Å². The maximum Gasteiger partial charge on any atom is 0.247 e. The molecule has 2 atom stereocenters. The number of carbonyl (C=O) groups excluding carboxylic acids is 1. The van der Waals surface area contributed by atoms with Crippen LogP contribution in [0.5, 0.6) is 5.75 Å². The van der Waals surface area contributed by atoms with Crippen molar-refractivity contribution in [1.29, 1.82) is 0 Å². The third kappa shape index (κ3) is 2.26. The molecule has 1 aliphatic heterocycles. The van der Waals surface area contributed by atoms with E-state index in [2.05, 4.69) is 0 Å². The standard InChI is InChI=1S/C16H15ClN2O2/c1-21-11-8-6-10(7-9-11)19-15(14(18)16(19)20)12-4-2-3-5-13(12)17/h2-9,14-15H,18H2,1H3/t14-,15-/m0/s1. The van der Waals surface area contributed by atoms with Crippen LogP contribution in [0.4, 0.5) is 5.69 Å². The Hall–Kier alpha value is -2.04. The molecule has 1 aliphatic rings. The third-order valence-electron chi connectivity index (χ3n) is 3.72. The summed E-state index contributed by atoms with van der Waals surface area (Å²) in [6.07, 6.45) is 0. The van der Waals surface area contributed by atoms with Crippen LogP contribution in [0, 0.1) is 0 Å². The molecule has 0 aromatic heterocycles. The van der Waals surface area contributed by atoms with Gasteiger partial charge in [0.15, 0.2) is 0 Å². The number of methoxy groups -OCH3 is 1. The molecular formula is C16H15ClN2O2. The number of nitrogens with two attached hydrogens (primary N) is 1. The Morgan fingerprint density at radius 1 is 1.14 bits per heavy atom. The molecule has 0 unspecified atom stereocenters. The lowest BCUT2D eigenvalue weighted by atomic mass is 9.88. The van der Waals surface area contributed by atoms with Crippen LogP contribution < -0.4 is 15.4 Å². The predicted octanol–water partition coefficient (Wildman–Crippen LogP) is 2.76. The van der Waals surface area contributed by atoms with Gasteiger partial charge in [0.05, 0.1) is 13.2 Å². The van der Waals surface area contributed by atoms with Gasteiger partial charge in [0.25, 0.3) is 0 Å².